The largest absolute Gasteiger partial charge is 0.300 e. The standard InChI is InChI=1S/C23H40O/c1-19(2)11-7-12-20(3)13-8-14-21(4)15-9-16-22(5)17-10-18-23(6)24/h11,13,17,21H,7-10,12,14-16,18H2,1-6H3/b20-13+,22-17+. The molecule has 0 rings (SSSR count). The van der Waals surface area contributed by atoms with Crippen LogP contribution >= 0.6 is 0 Å². The van der Waals surface area contributed by atoms with Crippen molar-refractivity contribution in [3.63, 3.8) is 0 Å². The van der Waals surface area contributed by atoms with Crippen LogP contribution in [-0.4, -0.2) is 5.78 Å². The fraction of sp³-hybridized carbons (Fsp3) is 0.696. The van der Waals surface area contributed by atoms with Crippen molar-refractivity contribution >= 4 is 5.78 Å². The Bertz CT molecular complexity index is 433. The molecule has 0 aromatic carbocycles. The second kappa shape index (κ2) is 14.3. The van der Waals surface area contributed by atoms with Gasteiger partial charge in [0.2, 0.25) is 0 Å². The highest BCUT2D eigenvalue weighted by molar-refractivity contribution is 5.75. The Hall–Kier alpha value is -1.11. The molecule has 1 nitrogen and oxygen atoms in total. The molecule has 0 fully saturated rings. The Morgan fingerprint density at radius 2 is 1.33 bits per heavy atom. The van der Waals surface area contributed by atoms with Gasteiger partial charge in [0.15, 0.2) is 0 Å². The van der Waals surface area contributed by atoms with Crippen molar-refractivity contribution < 1.29 is 4.79 Å². The first-order chi connectivity index (χ1) is 11.3. The van der Waals surface area contributed by atoms with Crippen LogP contribution in [0.4, 0.5) is 0 Å². The van der Waals surface area contributed by atoms with E-state index in [0.717, 1.165) is 12.3 Å². The molecular formula is C23H40O. The van der Waals surface area contributed by atoms with E-state index in [1.807, 2.05) is 0 Å². The van der Waals surface area contributed by atoms with Gasteiger partial charge >= 0.3 is 0 Å². The zero-order valence-corrected chi connectivity index (χ0v) is 17.1. The highest BCUT2D eigenvalue weighted by Crippen LogP contribution is 2.18. The summed E-state index contributed by atoms with van der Waals surface area (Å²) in [6.07, 6.45) is 17.2. The average Bonchev–Trinajstić information content (AvgIpc) is 2.46. The third-order valence-corrected chi connectivity index (χ3v) is 4.50. The van der Waals surface area contributed by atoms with Crippen LogP contribution in [0.15, 0.2) is 34.9 Å². The normalized spacial score (nSPS) is 13.8. The molecule has 0 spiro atoms. The Kier molecular flexibility index (Phi) is 13.6. The second-order valence-corrected chi connectivity index (χ2v) is 7.74. The number of carbonyl (C=O) groups is 1. The summed E-state index contributed by atoms with van der Waals surface area (Å²) >= 11 is 0. The van der Waals surface area contributed by atoms with Gasteiger partial charge in [0.1, 0.15) is 5.78 Å². The maximum atomic E-state index is 10.9. The van der Waals surface area contributed by atoms with Crippen LogP contribution in [0.1, 0.15) is 99.3 Å². The third kappa shape index (κ3) is 15.8. The van der Waals surface area contributed by atoms with Crippen molar-refractivity contribution in [2.75, 3.05) is 0 Å². The number of allylic oxidation sites excluding steroid dienone is 6. The first-order valence-corrected chi connectivity index (χ1v) is 9.75. The molecule has 0 aromatic heterocycles. The molecular weight excluding hydrogens is 292 g/mol. The molecule has 138 valence electrons. The summed E-state index contributed by atoms with van der Waals surface area (Å²) in [7, 11) is 0. The van der Waals surface area contributed by atoms with E-state index in [-0.39, 0.29) is 5.78 Å². The van der Waals surface area contributed by atoms with E-state index in [4.69, 9.17) is 0 Å². The van der Waals surface area contributed by atoms with Gasteiger partial charge in [-0.3, -0.25) is 0 Å². The summed E-state index contributed by atoms with van der Waals surface area (Å²) < 4.78 is 0. The molecule has 1 unspecified atom stereocenters. The van der Waals surface area contributed by atoms with E-state index in [1.165, 1.54) is 61.7 Å². The lowest BCUT2D eigenvalue weighted by molar-refractivity contribution is -0.116. The van der Waals surface area contributed by atoms with Crippen LogP contribution in [0, 0.1) is 5.92 Å². The zero-order chi connectivity index (χ0) is 18.4. The summed E-state index contributed by atoms with van der Waals surface area (Å²) in [4.78, 5) is 10.9. The fourth-order valence-electron chi connectivity index (χ4n) is 2.80. The zero-order valence-electron chi connectivity index (χ0n) is 17.1. The second-order valence-electron chi connectivity index (χ2n) is 7.74. The quantitative estimate of drug-likeness (QED) is 0.318. The molecule has 0 aliphatic heterocycles. The van der Waals surface area contributed by atoms with Gasteiger partial charge in [0.25, 0.3) is 0 Å². The topological polar surface area (TPSA) is 17.1 Å². The van der Waals surface area contributed by atoms with Crippen LogP contribution < -0.4 is 0 Å². The highest BCUT2D eigenvalue weighted by atomic mass is 16.1. The first-order valence-electron chi connectivity index (χ1n) is 9.75. The van der Waals surface area contributed by atoms with Gasteiger partial charge in [-0.15, -0.1) is 0 Å². The van der Waals surface area contributed by atoms with Crippen molar-refractivity contribution in [2.45, 2.75) is 99.3 Å². The van der Waals surface area contributed by atoms with E-state index < -0.39 is 0 Å². The Morgan fingerprint density at radius 3 is 1.96 bits per heavy atom. The molecule has 0 saturated carbocycles. The molecule has 0 bridgehead atoms. The number of carbonyl (C=O) groups excluding carboxylic acids is 1. The summed E-state index contributed by atoms with van der Waals surface area (Å²) in [6.45, 7) is 12.8. The minimum Gasteiger partial charge on any atom is -0.300 e. The van der Waals surface area contributed by atoms with Crippen molar-refractivity contribution in [2.24, 2.45) is 5.92 Å². The molecule has 0 amide bonds. The van der Waals surface area contributed by atoms with Crippen molar-refractivity contribution in [1.29, 1.82) is 0 Å². The molecule has 0 saturated heterocycles. The number of hydrogen-bond acceptors (Lipinski definition) is 1. The van der Waals surface area contributed by atoms with Crippen LogP contribution in [0.2, 0.25) is 0 Å². The van der Waals surface area contributed by atoms with Gasteiger partial charge in [-0.1, -0.05) is 48.3 Å². The molecule has 24 heavy (non-hydrogen) atoms. The SMILES string of the molecule is CC(=O)CC/C=C(\C)CCCC(C)CC/C=C(\C)CCC=C(C)C. The summed E-state index contributed by atoms with van der Waals surface area (Å²) in [5, 5.41) is 0. The summed E-state index contributed by atoms with van der Waals surface area (Å²) in [6, 6.07) is 0. The Balaban J connectivity index is 3.80. The monoisotopic (exact) mass is 332 g/mol. The minimum absolute atomic E-state index is 0.289. The number of hydrogen-bond donors (Lipinski definition) is 0. The van der Waals surface area contributed by atoms with Gasteiger partial charge in [0, 0.05) is 6.42 Å². The van der Waals surface area contributed by atoms with Crippen LogP contribution in [0.5, 0.6) is 0 Å². The predicted molar refractivity (Wildman–Crippen MR) is 108 cm³/mol. The van der Waals surface area contributed by atoms with Crippen molar-refractivity contribution in [3.05, 3.63) is 34.9 Å². The van der Waals surface area contributed by atoms with E-state index >= 15 is 0 Å². The lowest BCUT2D eigenvalue weighted by atomic mass is 9.96. The number of Topliss-reactive ketones (excluding diaryl/α,β-unsaturated/α-hetero) is 1. The molecule has 0 heterocycles. The van der Waals surface area contributed by atoms with Crippen molar-refractivity contribution in [1.82, 2.24) is 0 Å². The lowest BCUT2D eigenvalue weighted by Gasteiger charge is -2.10. The fourth-order valence-corrected chi connectivity index (χ4v) is 2.80. The van der Waals surface area contributed by atoms with Gasteiger partial charge in [0.05, 0.1) is 0 Å². The lowest BCUT2D eigenvalue weighted by Crippen LogP contribution is -1.95. The van der Waals surface area contributed by atoms with E-state index in [0.29, 0.717) is 6.42 Å². The summed E-state index contributed by atoms with van der Waals surface area (Å²) in [5.41, 5.74) is 4.39. The Morgan fingerprint density at radius 1 is 0.750 bits per heavy atom. The molecule has 0 N–H and O–H groups in total. The minimum atomic E-state index is 0.289. The van der Waals surface area contributed by atoms with Crippen LogP contribution in [0.25, 0.3) is 0 Å². The van der Waals surface area contributed by atoms with Gasteiger partial charge < -0.3 is 4.79 Å². The first kappa shape index (κ1) is 22.9. The van der Waals surface area contributed by atoms with E-state index in [2.05, 4.69) is 52.8 Å². The van der Waals surface area contributed by atoms with E-state index in [9.17, 15) is 4.79 Å². The molecule has 1 atom stereocenters. The molecule has 0 aliphatic rings. The molecule has 1 heteroatoms. The smallest absolute Gasteiger partial charge is 0.130 e. The van der Waals surface area contributed by atoms with Crippen LogP contribution in [-0.2, 0) is 4.79 Å². The average molecular weight is 333 g/mol. The van der Waals surface area contributed by atoms with Gasteiger partial charge in [-0.2, -0.15) is 0 Å². The molecule has 0 aliphatic carbocycles. The molecule has 0 aromatic rings. The maximum Gasteiger partial charge on any atom is 0.130 e. The van der Waals surface area contributed by atoms with Gasteiger partial charge in [-0.05, 0) is 85.5 Å². The summed E-state index contributed by atoms with van der Waals surface area (Å²) in [5.74, 6) is 1.09. The highest BCUT2D eigenvalue weighted by Gasteiger charge is 2.02. The number of ketones is 1. The third-order valence-electron chi connectivity index (χ3n) is 4.50. The number of rotatable bonds is 13. The molecule has 0 radical (unpaired) electrons. The Labute approximate surface area is 151 Å². The predicted octanol–water partition coefficient (Wildman–Crippen LogP) is 7.58. The van der Waals surface area contributed by atoms with Crippen molar-refractivity contribution in [3.8, 4) is 0 Å². The maximum absolute atomic E-state index is 10.9. The van der Waals surface area contributed by atoms with Crippen LogP contribution in [0.3, 0.4) is 0 Å². The van der Waals surface area contributed by atoms with E-state index in [1.54, 1.807) is 6.92 Å². The van der Waals surface area contributed by atoms with Gasteiger partial charge in [-0.25, -0.2) is 0 Å².